The molecule has 158 valence electrons. The summed E-state index contributed by atoms with van der Waals surface area (Å²) in [6, 6.07) is 18.3. The van der Waals surface area contributed by atoms with Crippen LogP contribution in [0.4, 0.5) is 5.69 Å². The minimum atomic E-state index is -0.180. The number of nitrogens with zero attached hydrogens (tertiary/aromatic N) is 1. The smallest absolute Gasteiger partial charge is 0.255 e. The van der Waals surface area contributed by atoms with Crippen molar-refractivity contribution in [2.24, 2.45) is 0 Å². The monoisotopic (exact) mass is 470 g/mol. The quantitative estimate of drug-likeness (QED) is 0.312. The summed E-state index contributed by atoms with van der Waals surface area (Å²) in [5.41, 5.74) is 3.22. The molecule has 4 aromatic rings. The molecule has 0 saturated carbocycles. The van der Waals surface area contributed by atoms with Crippen LogP contribution in [-0.2, 0) is 5.75 Å². The largest absolute Gasteiger partial charge is 0.497 e. The molecule has 4 rings (SSSR count). The summed E-state index contributed by atoms with van der Waals surface area (Å²) in [4.78, 5) is 17.1. The Hall–Kier alpha value is -2.74. The summed E-state index contributed by atoms with van der Waals surface area (Å²) < 4.78 is 12.7. The summed E-state index contributed by atoms with van der Waals surface area (Å²) in [6.45, 7) is 0. The van der Waals surface area contributed by atoms with Crippen molar-refractivity contribution in [3.05, 3.63) is 76.8 Å². The first-order valence-electron chi connectivity index (χ1n) is 9.37. The molecule has 1 N–H and O–H groups in total. The van der Waals surface area contributed by atoms with Crippen LogP contribution in [-0.4, -0.2) is 25.1 Å². The number of carbonyl (C=O) groups is 1. The minimum Gasteiger partial charge on any atom is -0.497 e. The molecule has 0 radical (unpaired) electrons. The predicted molar refractivity (Wildman–Crippen MR) is 128 cm³/mol. The third-order valence-electron chi connectivity index (χ3n) is 4.57. The Bertz CT molecular complexity index is 1230. The average Bonchev–Trinajstić information content (AvgIpc) is 3.20. The van der Waals surface area contributed by atoms with Crippen molar-refractivity contribution in [2.45, 2.75) is 10.1 Å². The van der Waals surface area contributed by atoms with Gasteiger partial charge in [-0.05, 0) is 60.7 Å². The number of hydrogen-bond acceptors (Lipinski definition) is 6. The number of rotatable bonds is 7. The maximum Gasteiger partial charge on any atom is 0.255 e. The molecule has 0 saturated heterocycles. The molecule has 0 aliphatic heterocycles. The molecule has 0 fully saturated rings. The Kier molecular flexibility index (Phi) is 6.65. The molecule has 3 aromatic carbocycles. The maximum atomic E-state index is 12.4. The number of hydrogen-bond donors (Lipinski definition) is 1. The van der Waals surface area contributed by atoms with Gasteiger partial charge in [0.2, 0.25) is 0 Å². The number of thioether (sulfide) groups is 1. The maximum absolute atomic E-state index is 12.4. The lowest BCUT2D eigenvalue weighted by molar-refractivity contribution is 0.102. The van der Waals surface area contributed by atoms with E-state index in [0.717, 1.165) is 37.3 Å². The lowest BCUT2D eigenvalue weighted by Gasteiger charge is -2.09. The van der Waals surface area contributed by atoms with Gasteiger partial charge in [-0.3, -0.25) is 4.79 Å². The van der Waals surface area contributed by atoms with Crippen molar-refractivity contribution >= 4 is 56.5 Å². The van der Waals surface area contributed by atoms with Crippen LogP contribution in [0.3, 0.4) is 0 Å². The molecule has 0 aliphatic carbocycles. The number of carbonyl (C=O) groups excluding carboxylic acids is 1. The first-order chi connectivity index (χ1) is 15.1. The van der Waals surface area contributed by atoms with Gasteiger partial charge in [-0.25, -0.2) is 4.98 Å². The Balaban J connectivity index is 1.48. The summed E-state index contributed by atoms with van der Waals surface area (Å²) in [7, 11) is 3.31. The van der Waals surface area contributed by atoms with E-state index in [-0.39, 0.29) is 5.91 Å². The highest BCUT2D eigenvalue weighted by atomic mass is 35.5. The Morgan fingerprint density at radius 3 is 2.61 bits per heavy atom. The molecule has 0 spiro atoms. The van der Waals surface area contributed by atoms with Gasteiger partial charge in [-0.1, -0.05) is 23.4 Å². The lowest BCUT2D eigenvalue weighted by atomic mass is 10.2. The van der Waals surface area contributed by atoms with Crippen LogP contribution in [0.5, 0.6) is 11.5 Å². The van der Waals surface area contributed by atoms with Crippen molar-refractivity contribution < 1.29 is 14.3 Å². The van der Waals surface area contributed by atoms with E-state index in [4.69, 9.17) is 26.1 Å². The van der Waals surface area contributed by atoms with E-state index in [1.165, 1.54) is 0 Å². The first kappa shape index (κ1) is 21.5. The third kappa shape index (κ3) is 5.12. The molecular weight excluding hydrogens is 452 g/mol. The second-order valence-corrected chi connectivity index (χ2v) is 9.28. The number of anilines is 1. The zero-order valence-corrected chi connectivity index (χ0v) is 19.2. The molecule has 1 amide bonds. The molecule has 8 heteroatoms. The highest BCUT2D eigenvalue weighted by molar-refractivity contribution is 8.00. The zero-order chi connectivity index (χ0) is 21.8. The van der Waals surface area contributed by atoms with Gasteiger partial charge in [0.25, 0.3) is 5.91 Å². The number of aromatic nitrogens is 1. The van der Waals surface area contributed by atoms with Gasteiger partial charge in [0.1, 0.15) is 11.5 Å². The minimum absolute atomic E-state index is 0.180. The van der Waals surface area contributed by atoms with Crippen molar-refractivity contribution in [3.8, 4) is 11.5 Å². The number of halogens is 1. The third-order valence-corrected chi connectivity index (χ3v) is 7.03. The SMILES string of the molecule is COc1ccc(OC)c(CSc2nc3ccc(NC(=O)c4ccc(Cl)cc4)cc3s2)c1. The van der Waals surface area contributed by atoms with E-state index in [1.807, 2.05) is 36.4 Å². The molecule has 0 atom stereocenters. The molecule has 31 heavy (non-hydrogen) atoms. The first-order valence-corrected chi connectivity index (χ1v) is 11.5. The second kappa shape index (κ2) is 9.60. The Morgan fingerprint density at radius 1 is 1.06 bits per heavy atom. The van der Waals surface area contributed by atoms with Crippen LogP contribution in [0.2, 0.25) is 5.02 Å². The Labute approximate surface area is 193 Å². The number of thiazole rings is 1. The zero-order valence-electron chi connectivity index (χ0n) is 16.8. The second-order valence-electron chi connectivity index (χ2n) is 6.59. The molecule has 0 unspecified atom stereocenters. The molecule has 1 heterocycles. The van der Waals surface area contributed by atoms with Gasteiger partial charge < -0.3 is 14.8 Å². The molecule has 0 aliphatic rings. The summed E-state index contributed by atoms with van der Waals surface area (Å²) in [5.74, 6) is 2.14. The van der Waals surface area contributed by atoms with Gasteiger partial charge in [0.15, 0.2) is 4.34 Å². The van der Waals surface area contributed by atoms with Crippen LogP contribution in [0.25, 0.3) is 10.2 Å². The fourth-order valence-corrected chi connectivity index (χ4v) is 5.19. The summed E-state index contributed by atoms with van der Waals surface area (Å²) in [6.07, 6.45) is 0. The highest BCUT2D eigenvalue weighted by Gasteiger charge is 2.11. The molecule has 1 aromatic heterocycles. The van der Waals surface area contributed by atoms with Gasteiger partial charge in [0, 0.05) is 27.6 Å². The highest BCUT2D eigenvalue weighted by Crippen LogP contribution is 2.35. The lowest BCUT2D eigenvalue weighted by Crippen LogP contribution is -2.11. The Morgan fingerprint density at radius 2 is 1.87 bits per heavy atom. The fraction of sp³-hybridized carbons (Fsp3) is 0.130. The normalized spacial score (nSPS) is 10.8. The van der Waals surface area contributed by atoms with E-state index in [0.29, 0.717) is 16.3 Å². The van der Waals surface area contributed by atoms with Crippen molar-refractivity contribution in [1.29, 1.82) is 0 Å². The molecule has 0 bridgehead atoms. The van der Waals surface area contributed by atoms with Crippen molar-refractivity contribution in [2.75, 3.05) is 19.5 Å². The van der Waals surface area contributed by atoms with Gasteiger partial charge >= 0.3 is 0 Å². The van der Waals surface area contributed by atoms with Gasteiger partial charge in [0.05, 0.1) is 24.4 Å². The van der Waals surface area contributed by atoms with Gasteiger partial charge in [-0.2, -0.15) is 0 Å². The summed E-state index contributed by atoms with van der Waals surface area (Å²) in [5, 5.41) is 3.52. The van der Waals surface area contributed by atoms with Crippen LogP contribution in [0.15, 0.2) is 65.0 Å². The number of benzene rings is 3. The number of fused-ring (bicyclic) bond motifs is 1. The van der Waals surface area contributed by atoms with E-state index < -0.39 is 0 Å². The number of nitrogens with one attached hydrogen (secondary N) is 1. The van der Waals surface area contributed by atoms with E-state index >= 15 is 0 Å². The van der Waals surface area contributed by atoms with Crippen molar-refractivity contribution in [3.63, 3.8) is 0 Å². The summed E-state index contributed by atoms with van der Waals surface area (Å²) >= 11 is 9.12. The average molecular weight is 471 g/mol. The number of amides is 1. The van der Waals surface area contributed by atoms with Crippen LogP contribution < -0.4 is 14.8 Å². The number of methoxy groups -OCH3 is 2. The van der Waals surface area contributed by atoms with Crippen LogP contribution >= 0.6 is 34.7 Å². The predicted octanol–water partition coefficient (Wildman–Crippen LogP) is 6.51. The van der Waals surface area contributed by atoms with E-state index in [1.54, 1.807) is 61.6 Å². The standard InChI is InChI=1S/C23H19ClN2O3S2/c1-28-18-8-10-20(29-2)15(11-18)13-30-23-26-19-9-7-17(12-21(19)31-23)25-22(27)14-3-5-16(24)6-4-14/h3-12H,13H2,1-2H3,(H,25,27). The van der Waals surface area contributed by atoms with E-state index in [2.05, 4.69) is 5.32 Å². The molecule has 5 nitrogen and oxygen atoms in total. The van der Waals surface area contributed by atoms with Crippen molar-refractivity contribution in [1.82, 2.24) is 4.98 Å². The number of ether oxygens (including phenoxy) is 2. The van der Waals surface area contributed by atoms with Crippen LogP contribution in [0.1, 0.15) is 15.9 Å². The topological polar surface area (TPSA) is 60.5 Å². The molecular formula is C23H19ClN2O3S2. The van der Waals surface area contributed by atoms with E-state index in [9.17, 15) is 4.79 Å². The fourth-order valence-electron chi connectivity index (χ4n) is 2.98. The van der Waals surface area contributed by atoms with Crippen LogP contribution in [0, 0.1) is 0 Å². The van der Waals surface area contributed by atoms with Gasteiger partial charge in [-0.15, -0.1) is 11.3 Å².